The Morgan fingerprint density at radius 2 is 1.71 bits per heavy atom. The molecule has 0 bridgehead atoms. The highest BCUT2D eigenvalue weighted by atomic mass is 16.7. The van der Waals surface area contributed by atoms with Crippen LogP contribution in [0.4, 0.5) is 4.79 Å². The van der Waals surface area contributed by atoms with E-state index < -0.39 is 30.4 Å². The first-order chi connectivity index (χ1) is 16.5. The van der Waals surface area contributed by atoms with E-state index in [-0.39, 0.29) is 19.6 Å². The minimum atomic E-state index is -0.960. The van der Waals surface area contributed by atoms with E-state index in [1.807, 2.05) is 70.2 Å². The van der Waals surface area contributed by atoms with Gasteiger partial charge >= 0.3 is 19.2 Å². The lowest BCUT2D eigenvalue weighted by Crippen LogP contribution is -2.41. The fourth-order valence-electron chi connectivity index (χ4n) is 3.55. The van der Waals surface area contributed by atoms with Gasteiger partial charge in [0, 0.05) is 12.1 Å². The zero-order valence-electron chi connectivity index (χ0n) is 20.8. The zero-order chi connectivity index (χ0) is 25.6. The Morgan fingerprint density at radius 1 is 1.06 bits per heavy atom. The number of hydrogen-bond acceptors (Lipinski definition) is 6. The number of nitrogens with one attached hydrogen (secondary N) is 1. The molecule has 1 amide bonds. The molecule has 0 aromatic heterocycles. The lowest BCUT2D eigenvalue weighted by molar-refractivity contribution is -0.136. The molecule has 2 N–H and O–H groups in total. The van der Waals surface area contributed by atoms with Crippen molar-refractivity contribution >= 4 is 25.3 Å². The van der Waals surface area contributed by atoms with Gasteiger partial charge in [-0.15, -0.1) is 0 Å². The zero-order valence-corrected chi connectivity index (χ0v) is 20.8. The topological polar surface area (TPSA) is 103 Å². The van der Waals surface area contributed by atoms with Gasteiger partial charge in [-0.1, -0.05) is 42.5 Å². The van der Waals surface area contributed by atoms with Crippen LogP contribution in [-0.4, -0.2) is 49.1 Å². The molecule has 9 heteroatoms. The maximum absolute atomic E-state index is 12.4. The Kier molecular flexibility index (Phi) is 8.24. The summed E-state index contributed by atoms with van der Waals surface area (Å²) < 4.78 is 23.0. The molecule has 2 aromatic carbocycles. The number of aliphatic carboxylic acids is 1. The molecule has 8 nitrogen and oxygen atoms in total. The maximum atomic E-state index is 12.4. The van der Waals surface area contributed by atoms with Crippen molar-refractivity contribution in [2.24, 2.45) is 0 Å². The summed E-state index contributed by atoms with van der Waals surface area (Å²) in [6.07, 6.45) is 1.07. The lowest BCUT2D eigenvalue weighted by Gasteiger charge is -2.32. The number of carbonyl (C=O) groups excluding carboxylic acids is 1. The summed E-state index contributed by atoms with van der Waals surface area (Å²) in [7, 11) is 0.788. The van der Waals surface area contributed by atoms with Gasteiger partial charge in [-0.2, -0.15) is 0 Å². The standard InChI is InChI=1S/C26H32BNO7/c1-25(2)26(3,4)35-27(34-25)21(16-28-24(31)33-17-18-9-7-6-8-10-18)14-19-11-12-22(32-5)20(13-19)15-23(29)30/h6-14H,15-17H2,1-5H3,(H,28,31)(H,29,30). The molecule has 0 spiro atoms. The molecule has 1 aliphatic heterocycles. The van der Waals surface area contributed by atoms with Crippen molar-refractivity contribution < 1.29 is 33.5 Å². The first-order valence-corrected chi connectivity index (χ1v) is 11.4. The van der Waals surface area contributed by atoms with Crippen LogP contribution in [0, 0.1) is 0 Å². The van der Waals surface area contributed by atoms with E-state index >= 15 is 0 Å². The second kappa shape index (κ2) is 11.0. The molecule has 35 heavy (non-hydrogen) atoms. The van der Waals surface area contributed by atoms with E-state index in [1.165, 1.54) is 7.11 Å². The second-order valence-corrected chi connectivity index (χ2v) is 9.36. The van der Waals surface area contributed by atoms with Crippen LogP contribution in [0.15, 0.2) is 54.0 Å². The van der Waals surface area contributed by atoms with Crippen molar-refractivity contribution in [2.45, 2.75) is 51.9 Å². The van der Waals surface area contributed by atoms with Crippen molar-refractivity contribution in [2.75, 3.05) is 13.7 Å². The normalized spacial score (nSPS) is 16.6. The van der Waals surface area contributed by atoms with Crippen LogP contribution in [0.5, 0.6) is 5.75 Å². The molecule has 3 rings (SSSR count). The Bertz CT molecular complexity index is 1070. The van der Waals surface area contributed by atoms with Crippen molar-refractivity contribution in [3.8, 4) is 5.75 Å². The van der Waals surface area contributed by atoms with Gasteiger partial charge < -0.3 is 29.2 Å². The van der Waals surface area contributed by atoms with E-state index in [2.05, 4.69) is 5.32 Å². The number of rotatable bonds is 9. The molecular formula is C26H32BNO7. The number of carbonyl (C=O) groups is 2. The van der Waals surface area contributed by atoms with Gasteiger partial charge in [-0.3, -0.25) is 4.79 Å². The summed E-state index contributed by atoms with van der Waals surface area (Å²) in [5, 5.41) is 12.0. The summed E-state index contributed by atoms with van der Waals surface area (Å²) in [5.74, 6) is -0.470. The average Bonchev–Trinajstić information content (AvgIpc) is 3.02. The Labute approximate surface area is 206 Å². The fourth-order valence-corrected chi connectivity index (χ4v) is 3.55. The van der Waals surface area contributed by atoms with Crippen LogP contribution in [0.2, 0.25) is 0 Å². The molecule has 0 atom stereocenters. The van der Waals surface area contributed by atoms with Crippen LogP contribution in [-0.2, 0) is 31.9 Å². The van der Waals surface area contributed by atoms with Crippen LogP contribution in [0.25, 0.3) is 6.08 Å². The third-order valence-corrected chi connectivity index (χ3v) is 6.20. The van der Waals surface area contributed by atoms with Gasteiger partial charge in [0.05, 0.1) is 24.7 Å². The van der Waals surface area contributed by atoms with E-state index in [0.717, 1.165) is 11.1 Å². The summed E-state index contributed by atoms with van der Waals surface area (Å²) in [6.45, 7) is 8.06. The van der Waals surface area contributed by atoms with E-state index in [9.17, 15) is 14.7 Å². The van der Waals surface area contributed by atoms with Gasteiger partial charge in [0.15, 0.2) is 0 Å². The van der Waals surface area contributed by atoms with Gasteiger partial charge in [0.25, 0.3) is 0 Å². The monoisotopic (exact) mass is 481 g/mol. The van der Waals surface area contributed by atoms with E-state index in [4.69, 9.17) is 18.8 Å². The molecule has 1 heterocycles. The van der Waals surface area contributed by atoms with E-state index in [1.54, 1.807) is 12.1 Å². The largest absolute Gasteiger partial charge is 0.496 e. The summed E-state index contributed by atoms with van der Waals surface area (Å²) in [4.78, 5) is 23.7. The van der Waals surface area contributed by atoms with Gasteiger partial charge in [-0.05, 0) is 56.4 Å². The number of ether oxygens (including phenoxy) is 2. The van der Waals surface area contributed by atoms with Crippen LogP contribution in [0.1, 0.15) is 44.4 Å². The first kappa shape index (κ1) is 26.3. The smallest absolute Gasteiger partial charge is 0.492 e. The summed E-state index contributed by atoms with van der Waals surface area (Å²) in [5.41, 5.74) is 1.67. The number of benzene rings is 2. The van der Waals surface area contributed by atoms with Crippen molar-refractivity contribution in [3.63, 3.8) is 0 Å². The third kappa shape index (κ3) is 6.87. The van der Waals surface area contributed by atoms with Crippen LogP contribution >= 0.6 is 0 Å². The number of methoxy groups -OCH3 is 1. The van der Waals surface area contributed by atoms with Gasteiger partial charge in [0.1, 0.15) is 12.4 Å². The van der Waals surface area contributed by atoms with Crippen molar-refractivity contribution in [3.05, 3.63) is 70.7 Å². The van der Waals surface area contributed by atoms with Crippen LogP contribution in [0.3, 0.4) is 0 Å². The maximum Gasteiger partial charge on any atom is 0.492 e. The molecule has 1 aliphatic rings. The lowest BCUT2D eigenvalue weighted by atomic mass is 9.77. The molecule has 0 saturated carbocycles. The number of hydrogen-bond donors (Lipinski definition) is 2. The number of carboxylic acid groups (broad SMARTS) is 1. The van der Waals surface area contributed by atoms with E-state index in [0.29, 0.717) is 16.8 Å². The van der Waals surface area contributed by atoms with Crippen molar-refractivity contribution in [1.29, 1.82) is 0 Å². The molecular weight excluding hydrogens is 449 g/mol. The van der Waals surface area contributed by atoms with Crippen LogP contribution < -0.4 is 10.1 Å². The molecule has 186 valence electrons. The number of carboxylic acids is 1. The fraction of sp³-hybridized carbons (Fsp3) is 0.385. The molecule has 1 fully saturated rings. The van der Waals surface area contributed by atoms with Gasteiger partial charge in [0.2, 0.25) is 0 Å². The van der Waals surface area contributed by atoms with Gasteiger partial charge in [-0.25, -0.2) is 4.79 Å². The number of amides is 1. The SMILES string of the molecule is COc1ccc(C=C(CNC(=O)OCc2ccccc2)B2OC(C)(C)C(C)(C)O2)cc1CC(=O)O. The molecule has 2 aromatic rings. The first-order valence-electron chi connectivity index (χ1n) is 11.4. The predicted molar refractivity (Wildman–Crippen MR) is 133 cm³/mol. The minimum absolute atomic E-state index is 0.116. The second-order valence-electron chi connectivity index (χ2n) is 9.36. The minimum Gasteiger partial charge on any atom is -0.496 e. The number of alkyl carbamates (subject to hydrolysis) is 1. The molecule has 1 saturated heterocycles. The third-order valence-electron chi connectivity index (χ3n) is 6.20. The summed E-state index contributed by atoms with van der Waals surface area (Å²) in [6, 6.07) is 14.7. The highest BCUT2D eigenvalue weighted by Crippen LogP contribution is 2.39. The molecule has 0 unspecified atom stereocenters. The highest BCUT2D eigenvalue weighted by Gasteiger charge is 2.52. The Hall–Kier alpha value is -3.30. The average molecular weight is 481 g/mol. The molecule has 0 aliphatic carbocycles. The van der Waals surface area contributed by atoms with Crippen molar-refractivity contribution in [1.82, 2.24) is 5.32 Å². The quantitative estimate of drug-likeness (QED) is 0.516. The molecule has 0 radical (unpaired) electrons. The highest BCUT2D eigenvalue weighted by molar-refractivity contribution is 6.56. The summed E-state index contributed by atoms with van der Waals surface area (Å²) >= 11 is 0. The predicted octanol–water partition coefficient (Wildman–Crippen LogP) is 4.26. The Morgan fingerprint density at radius 3 is 2.31 bits per heavy atom. The Balaban J connectivity index is 1.81.